The van der Waals surface area contributed by atoms with Crippen molar-refractivity contribution in [2.24, 2.45) is 0 Å². The third-order valence-electron chi connectivity index (χ3n) is 2.00. The van der Waals surface area contributed by atoms with Crippen LogP contribution in [-0.2, 0) is 0 Å². The number of H-pyrrole nitrogens is 4. The molecule has 0 amide bonds. The fourth-order valence-corrected chi connectivity index (χ4v) is 1.18. The molecule has 6 N–H and O–H groups in total. The number of aromatic nitrogens is 12. The summed E-state index contributed by atoms with van der Waals surface area (Å²) in [7, 11) is 0. The Morgan fingerprint density at radius 2 is 0.783 bits per heavy atom. The summed E-state index contributed by atoms with van der Waals surface area (Å²) in [4.78, 5) is 0. The van der Waals surface area contributed by atoms with Crippen LogP contribution in [0.25, 0.3) is 0 Å². The molecular weight excluding hydrogens is 312 g/mol. The number of nitrogens with zero attached hydrogens (tertiary/aromatic N) is 8. The van der Waals surface area contributed by atoms with Crippen molar-refractivity contribution < 1.29 is 14.9 Å². The van der Waals surface area contributed by atoms with E-state index >= 15 is 0 Å². The molecule has 0 aliphatic carbocycles. The van der Waals surface area contributed by atoms with E-state index in [1.807, 2.05) is 0 Å². The molecule has 4 heterocycles. The second-order valence-electron chi connectivity index (χ2n) is 3.45. The van der Waals surface area contributed by atoms with Crippen LogP contribution >= 0.6 is 0 Å². The standard InChI is InChI=1S/2C4H4N6O.H2O/c2*1-3(7-9-5-1)11-4-2-6-10-8-4;/h2*1-2H,(H,5,7,9)(H,6,8,10);1H2. The SMILES string of the molecule is O.c1[nH]nnc1Oc1c[nH]nn1.c1[nH]nnc1Oc1c[nH]nn1. The zero-order valence-electron chi connectivity index (χ0n) is 11.2. The lowest BCUT2D eigenvalue weighted by molar-refractivity contribution is 0.442. The first kappa shape index (κ1) is 15.5. The topological polar surface area (TPSA) is 216 Å². The summed E-state index contributed by atoms with van der Waals surface area (Å²) < 4.78 is 10.1. The molecule has 0 aromatic carbocycles. The van der Waals surface area contributed by atoms with Crippen molar-refractivity contribution in [3.8, 4) is 23.5 Å². The molecule has 0 atom stereocenters. The van der Waals surface area contributed by atoms with Crippen LogP contribution < -0.4 is 9.47 Å². The Labute approximate surface area is 126 Å². The van der Waals surface area contributed by atoms with Gasteiger partial charge in [-0.25, -0.2) is 0 Å². The predicted octanol–water partition coefficient (Wildman–Crippen LogP) is -1.39. The number of ether oxygens (including phenoxy) is 2. The van der Waals surface area contributed by atoms with Crippen molar-refractivity contribution >= 4 is 0 Å². The maximum Gasteiger partial charge on any atom is 0.260 e. The van der Waals surface area contributed by atoms with Crippen molar-refractivity contribution in [1.82, 2.24) is 61.6 Å². The molecule has 0 bridgehead atoms. The van der Waals surface area contributed by atoms with E-state index in [0.29, 0.717) is 23.5 Å². The fraction of sp³-hybridized carbons (Fsp3) is 0. The summed E-state index contributed by atoms with van der Waals surface area (Å²) in [5.74, 6) is 1.44. The molecular formula is C8H10N12O3. The molecule has 0 spiro atoms. The van der Waals surface area contributed by atoms with E-state index in [2.05, 4.69) is 61.6 Å². The number of hydrogen-bond acceptors (Lipinski definition) is 10. The summed E-state index contributed by atoms with van der Waals surface area (Å²) in [5, 5.41) is 38.1. The van der Waals surface area contributed by atoms with Crippen molar-refractivity contribution in [3.63, 3.8) is 0 Å². The van der Waals surface area contributed by atoms with Gasteiger partial charge >= 0.3 is 0 Å². The molecule has 4 aromatic heterocycles. The van der Waals surface area contributed by atoms with Gasteiger partial charge < -0.3 is 14.9 Å². The van der Waals surface area contributed by atoms with Crippen molar-refractivity contribution in [1.29, 1.82) is 0 Å². The van der Waals surface area contributed by atoms with Crippen LogP contribution in [0.5, 0.6) is 23.5 Å². The van der Waals surface area contributed by atoms with E-state index in [1.54, 1.807) is 0 Å². The third-order valence-corrected chi connectivity index (χ3v) is 2.00. The zero-order chi connectivity index (χ0) is 15.0. The minimum Gasteiger partial charge on any atom is -0.414 e. The molecule has 0 aliphatic heterocycles. The lowest BCUT2D eigenvalue weighted by Crippen LogP contribution is -1.83. The highest BCUT2D eigenvalue weighted by atomic mass is 16.5. The molecule has 15 nitrogen and oxygen atoms in total. The first-order valence-electron chi connectivity index (χ1n) is 5.71. The van der Waals surface area contributed by atoms with Gasteiger partial charge in [0.25, 0.3) is 23.5 Å². The Kier molecular flexibility index (Phi) is 5.25. The van der Waals surface area contributed by atoms with Gasteiger partial charge in [-0.2, -0.15) is 0 Å². The lowest BCUT2D eigenvalue weighted by Gasteiger charge is -1.90. The second kappa shape index (κ2) is 7.78. The van der Waals surface area contributed by atoms with Gasteiger partial charge in [0.05, 0.1) is 24.8 Å². The monoisotopic (exact) mass is 322 g/mol. The Morgan fingerprint density at radius 1 is 0.522 bits per heavy atom. The predicted molar refractivity (Wildman–Crippen MR) is 69.3 cm³/mol. The number of nitrogens with one attached hydrogen (secondary N) is 4. The quantitative estimate of drug-likeness (QED) is 0.344. The van der Waals surface area contributed by atoms with Gasteiger partial charge in [-0.15, -0.1) is 0 Å². The van der Waals surface area contributed by atoms with Crippen molar-refractivity contribution in [3.05, 3.63) is 24.8 Å². The first-order chi connectivity index (χ1) is 10.9. The van der Waals surface area contributed by atoms with E-state index in [4.69, 9.17) is 9.47 Å². The Balaban J connectivity index is 0.000000160. The number of aromatic amines is 4. The normalized spacial score (nSPS) is 9.39. The highest BCUT2D eigenvalue weighted by Gasteiger charge is 2.00. The van der Waals surface area contributed by atoms with E-state index < -0.39 is 0 Å². The summed E-state index contributed by atoms with van der Waals surface area (Å²) in [6, 6.07) is 0. The van der Waals surface area contributed by atoms with Crippen LogP contribution in [-0.4, -0.2) is 67.1 Å². The number of hydrogen-bond donors (Lipinski definition) is 4. The molecule has 0 aliphatic rings. The molecule has 0 saturated heterocycles. The average molecular weight is 322 g/mol. The molecule has 4 rings (SSSR count). The van der Waals surface area contributed by atoms with Gasteiger partial charge in [0.2, 0.25) is 0 Å². The first-order valence-corrected chi connectivity index (χ1v) is 5.71. The number of rotatable bonds is 4. The van der Waals surface area contributed by atoms with Crippen LogP contribution in [0.4, 0.5) is 0 Å². The van der Waals surface area contributed by atoms with Crippen LogP contribution in [0, 0.1) is 0 Å². The minimum absolute atomic E-state index is 0. The second-order valence-corrected chi connectivity index (χ2v) is 3.45. The fourth-order valence-electron chi connectivity index (χ4n) is 1.18. The summed E-state index contributed by atoms with van der Waals surface area (Å²) in [5.41, 5.74) is 0. The highest BCUT2D eigenvalue weighted by Crippen LogP contribution is 2.12. The average Bonchev–Trinajstić information content (AvgIpc) is 3.31. The van der Waals surface area contributed by atoms with Crippen LogP contribution in [0.2, 0.25) is 0 Å². The summed E-state index contributed by atoms with van der Waals surface area (Å²) in [6.45, 7) is 0. The molecule has 15 heteroatoms. The van der Waals surface area contributed by atoms with E-state index in [0.717, 1.165) is 0 Å². The maximum atomic E-state index is 5.05. The Bertz CT molecular complexity index is 604. The Morgan fingerprint density at radius 3 is 0.957 bits per heavy atom. The van der Waals surface area contributed by atoms with Crippen LogP contribution in [0.15, 0.2) is 24.8 Å². The molecule has 0 unspecified atom stereocenters. The van der Waals surface area contributed by atoms with Crippen molar-refractivity contribution in [2.75, 3.05) is 0 Å². The molecule has 120 valence electrons. The molecule has 4 aromatic rings. The smallest absolute Gasteiger partial charge is 0.260 e. The van der Waals surface area contributed by atoms with Crippen molar-refractivity contribution in [2.45, 2.75) is 0 Å². The summed E-state index contributed by atoms with van der Waals surface area (Å²) >= 11 is 0. The van der Waals surface area contributed by atoms with Crippen LogP contribution in [0.3, 0.4) is 0 Å². The van der Waals surface area contributed by atoms with Gasteiger partial charge in [-0.05, 0) is 0 Å². The van der Waals surface area contributed by atoms with Gasteiger partial charge in [0.15, 0.2) is 0 Å². The van der Waals surface area contributed by atoms with Gasteiger partial charge in [0, 0.05) is 0 Å². The Hall–Kier alpha value is -3.88. The summed E-state index contributed by atoms with van der Waals surface area (Å²) in [6.07, 6.45) is 6.03. The molecule has 0 radical (unpaired) electrons. The largest absolute Gasteiger partial charge is 0.414 e. The maximum absolute atomic E-state index is 5.05. The van der Waals surface area contributed by atoms with E-state index in [1.165, 1.54) is 24.8 Å². The minimum atomic E-state index is 0. The zero-order valence-corrected chi connectivity index (χ0v) is 11.2. The van der Waals surface area contributed by atoms with E-state index in [-0.39, 0.29) is 5.48 Å². The molecule has 23 heavy (non-hydrogen) atoms. The molecule has 0 fully saturated rings. The highest BCUT2D eigenvalue weighted by molar-refractivity contribution is 5.10. The molecule has 0 saturated carbocycles. The van der Waals surface area contributed by atoms with Gasteiger partial charge in [-0.3, -0.25) is 20.4 Å². The van der Waals surface area contributed by atoms with Crippen LogP contribution in [0.1, 0.15) is 0 Å². The third kappa shape index (κ3) is 4.56. The lowest BCUT2D eigenvalue weighted by atomic mass is 10.8. The van der Waals surface area contributed by atoms with Gasteiger partial charge in [0.1, 0.15) is 0 Å². The van der Waals surface area contributed by atoms with E-state index in [9.17, 15) is 0 Å². The van der Waals surface area contributed by atoms with Gasteiger partial charge in [-0.1, -0.05) is 41.2 Å².